The first-order valence-electron chi connectivity index (χ1n) is 13.4. The zero-order valence-electron chi connectivity index (χ0n) is 21.4. The minimum absolute atomic E-state index is 0.326. The van der Waals surface area contributed by atoms with Gasteiger partial charge in [-0.2, -0.15) is 0 Å². The minimum atomic E-state index is -0.326. The fourth-order valence-electron chi connectivity index (χ4n) is 5.95. The molecule has 4 heteroatoms. The maximum atomic E-state index is 13.0. The largest absolute Gasteiger partial charge is 0.367 e. The van der Waals surface area contributed by atoms with E-state index in [0.29, 0.717) is 5.56 Å². The topological polar surface area (TPSA) is 49.6 Å². The lowest BCUT2D eigenvalue weighted by molar-refractivity contribution is 0.1000. The Bertz CT molecular complexity index is 1610. The number of anilines is 2. The Labute approximate surface area is 218 Å². The van der Waals surface area contributed by atoms with Crippen molar-refractivity contribution in [1.29, 1.82) is 0 Å². The van der Waals surface area contributed by atoms with Crippen LogP contribution in [0.5, 0.6) is 0 Å². The van der Waals surface area contributed by atoms with E-state index in [9.17, 15) is 4.79 Å². The summed E-state index contributed by atoms with van der Waals surface area (Å²) in [5, 5.41) is 7.25. The average Bonchev–Trinajstić information content (AvgIpc) is 2.94. The van der Waals surface area contributed by atoms with Crippen LogP contribution >= 0.6 is 0 Å². The molecule has 0 radical (unpaired) electrons. The molecule has 186 valence electrons. The van der Waals surface area contributed by atoms with E-state index in [0.717, 1.165) is 62.1 Å². The van der Waals surface area contributed by atoms with Crippen LogP contribution in [0.3, 0.4) is 0 Å². The first kappa shape index (κ1) is 23.4. The molecular formula is C33H33N3O. The molecule has 1 aliphatic rings. The minimum Gasteiger partial charge on any atom is -0.367 e. The molecule has 1 saturated heterocycles. The van der Waals surface area contributed by atoms with E-state index in [-0.39, 0.29) is 5.91 Å². The second-order valence-corrected chi connectivity index (χ2v) is 10.1. The molecule has 2 N–H and O–H groups in total. The van der Waals surface area contributed by atoms with Crippen LogP contribution in [0.2, 0.25) is 0 Å². The number of nitrogens with zero attached hydrogens (tertiary/aromatic N) is 2. The Hall–Kier alpha value is -4.05. The number of amides is 1. The Morgan fingerprint density at radius 2 is 1.38 bits per heavy atom. The van der Waals surface area contributed by atoms with E-state index in [1.807, 2.05) is 0 Å². The smallest absolute Gasteiger partial charge is 0.251 e. The van der Waals surface area contributed by atoms with Crippen molar-refractivity contribution >= 4 is 49.6 Å². The highest BCUT2D eigenvalue weighted by molar-refractivity contribution is 6.12. The number of hydrogen-bond acceptors (Lipinski definition) is 3. The molecule has 37 heavy (non-hydrogen) atoms. The molecule has 4 nitrogen and oxygen atoms in total. The number of unbranched alkanes of at least 4 members (excludes halogenated alkanes) is 1. The average molecular weight is 488 g/mol. The number of piperazine rings is 1. The highest BCUT2D eigenvalue weighted by Crippen LogP contribution is 2.38. The maximum Gasteiger partial charge on any atom is 0.251 e. The number of aryl methyl sites for hydroxylation is 1. The van der Waals surface area contributed by atoms with Crippen molar-refractivity contribution in [3.8, 4) is 0 Å². The summed E-state index contributed by atoms with van der Waals surface area (Å²) in [6.45, 7) is 5.64. The summed E-state index contributed by atoms with van der Waals surface area (Å²) in [5.41, 5.74) is 10.2. The number of hydrogen-bond donors (Lipinski definition) is 1. The SMILES string of the molecule is CCCCc1cc2cc3ccccc3cc2c(N2CCN(c3cccc4ccccc34)CC2)c1C(N)=O. The summed E-state index contributed by atoms with van der Waals surface area (Å²) in [7, 11) is 0. The van der Waals surface area contributed by atoms with Crippen molar-refractivity contribution in [2.24, 2.45) is 5.73 Å². The molecule has 6 rings (SSSR count). The van der Waals surface area contributed by atoms with Crippen molar-refractivity contribution in [1.82, 2.24) is 0 Å². The van der Waals surface area contributed by atoms with Gasteiger partial charge in [-0.15, -0.1) is 0 Å². The zero-order chi connectivity index (χ0) is 25.4. The van der Waals surface area contributed by atoms with E-state index < -0.39 is 0 Å². The number of primary amides is 1. The van der Waals surface area contributed by atoms with Gasteiger partial charge in [-0.3, -0.25) is 4.79 Å². The Kier molecular flexibility index (Phi) is 6.17. The van der Waals surface area contributed by atoms with Crippen molar-refractivity contribution in [3.63, 3.8) is 0 Å². The van der Waals surface area contributed by atoms with Crippen LogP contribution in [0.1, 0.15) is 35.7 Å². The van der Waals surface area contributed by atoms with Crippen LogP contribution < -0.4 is 15.5 Å². The quantitative estimate of drug-likeness (QED) is 0.265. The van der Waals surface area contributed by atoms with Crippen LogP contribution in [-0.4, -0.2) is 32.1 Å². The van der Waals surface area contributed by atoms with Crippen LogP contribution in [0.15, 0.2) is 84.9 Å². The Morgan fingerprint density at radius 1 is 0.730 bits per heavy atom. The number of rotatable bonds is 6. The van der Waals surface area contributed by atoms with Gasteiger partial charge in [-0.25, -0.2) is 0 Å². The van der Waals surface area contributed by atoms with Gasteiger partial charge in [0.25, 0.3) is 5.91 Å². The van der Waals surface area contributed by atoms with Crippen LogP contribution in [0, 0.1) is 0 Å². The first-order valence-corrected chi connectivity index (χ1v) is 13.4. The third-order valence-corrected chi connectivity index (χ3v) is 7.81. The molecule has 0 unspecified atom stereocenters. The molecule has 5 aromatic carbocycles. The van der Waals surface area contributed by atoms with Gasteiger partial charge in [0.05, 0.1) is 11.3 Å². The van der Waals surface area contributed by atoms with Crippen LogP contribution in [0.4, 0.5) is 11.4 Å². The van der Waals surface area contributed by atoms with Gasteiger partial charge in [-0.1, -0.05) is 80.1 Å². The zero-order valence-corrected chi connectivity index (χ0v) is 21.4. The number of fused-ring (bicyclic) bond motifs is 3. The highest BCUT2D eigenvalue weighted by Gasteiger charge is 2.26. The van der Waals surface area contributed by atoms with E-state index in [1.165, 1.54) is 32.6 Å². The molecule has 0 spiro atoms. The molecule has 0 aliphatic carbocycles. The lowest BCUT2D eigenvalue weighted by Crippen LogP contribution is -2.47. The summed E-state index contributed by atoms with van der Waals surface area (Å²) in [6.07, 6.45) is 2.97. The lowest BCUT2D eigenvalue weighted by Gasteiger charge is -2.39. The van der Waals surface area contributed by atoms with Crippen molar-refractivity contribution in [2.45, 2.75) is 26.2 Å². The number of carbonyl (C=O) groups is 1. The van der Waals surface area contributed by atoms with Crippen molar-refractivity contribution in [3.05, 3.63) is 96.1 Å². The van der Waals surface area contributed by atoms with Gasteiger partial charge in [0.2, 0.25) is 0 Å². The number of carbonyl (C=O) groups excluding carboxylic acids is 1. The predicted octanol–water partition coefficient (Wildman–Crippen LogP) is 6.91. The molecular weight excluding hydrogens is 454 g/mol. The monoisotopic (exact) mass is 487 g/mol. The second-order valence-electron chi connectivity index (χ2n) is 10.1. The molecule has 5 aromatic rings. The van der Waals surface area contributed by atoms with E-state index in [4.69, 9.17) is 5.73 Å². The molecule has 0 bridgehead atoms. The van der Waals surface area contributed by atoms with Crippen LogP contribution in [0.25, 0.3) is 32.3 Å². The summed E-state index contributed by atoms with van der Waals surface area (Å²) in [6, 6.07) is 30.3. The van der Waals surface area contributed by atoms with Gasteiger partial charge in [0.15, 0.2) is 0 Å². The Balaban J connectivity index is 1.44. The summed E-state index contributed by atoms with van der Waals surface area (Å²) >= 11 is 0. The third-order valence-electron chi connectivity index (χ3n) is 7.81. The van der Waals surface area contributed by atoms with E-state index in [1.54, 1.807) is 0 Å². The summed E-state index contributed by atoms with van der Waals surface area (Å²) < 4.78 is 0. The molecule has 0 atom stereocenters. The molecule has 1 fully saturated rings. The van der Waals surface area contributed by atoms with Gasteiger partial charge < -0.3 is 15.5 Å². The highest BCUT2D eigenvalue weighted by atomic mass is 16.1. The normalized spacial score (nSPS) is 14.1. The second kappa shape index (κ2) is 9.78. The molecule has 0 aromatic heterocycles. The molecule has 1 aliphatic heterocycles. The van der Waals surface area contributed by atoms with Crippen molar-refractivity contribution in [2.75, 3.05) is 36.0 Å². The lowest BCUT2D eigenvalue weighted by atomic mass is 9.92. The molecule has 0 saturated carbocycles. The fourth-order valence-corrected chi connectivity index (χ4v) is 5.95. The number of benzene rings is 5. The fraction of sp³-hybridized carbons (Fsp3) is 0.242. The van der Waals surface area contributed by atoms with Gasteiger partial charge in [0.1, 0.15) is 0 Å². The summed E-state index contributed by atoms with van der Waals surface area (Å²) in [5.74, 6) is -0.326. The van der Waals surface area contributed by atoms with Crippen molar-refractivity contribution < 1.29 is 4.79 Å². The Morgan fingerprint density at radius 3 is 2.11 bits per heavy atom. The molecule has 1 heterocycles. The maximum absolute atomic E-state index is 13.0. The van der Waals surface area contributed by atoms with E-state index in [2.05, 4.69) is 102 Å². The van der Waals surface area contributed by atoms with Crippen LogP contribution in [-0.2, 0) is 6.42 Å². The predicted molar refractivity (Wildman–Crippen MR) is 157 cm³/mol. The summed E-state index contributed by atoms with van der Waals surface area (Å²) in [4.78, 5) is 17.8. The first-order chi connectivity index (χ1) is 18.1. The standard InChI is InChI=1S/C33H33N3O/c1-2-3-9-26-21-27-20-24-11-4-5-12-25(24)22-29(27)32(31(26)33(34)37)36-18-16-35(17-19-36)30-15-8-13-23-10-6-7-14-28(23)30/h4-8,10-15,20-22H,2-3,9,16-19H2,1H3,(H2,34,37). The van der Waals surface area contributed by atoms with Gasteiger partial charge in [-0.05, 0) is 58.1 Å². The van der Waals surface area contributed by atoms with Gasteiger partial charge in [0, 0.05) is 42.6 Å². The van der Waals surface area contributed by atoms with E-state index >= 15 is 0 Å². The molecule has 1 amide bonds. The number of nitrogens with two attached hydrogens (primary N) is 1. The van der Waals surface area contributed by atoms with Gasteiger partial charge >= 0.3 is 0 Å². The third kappa shape index (κ3) is 4.27.